The summed E-state index contributed by atoms with van der Waals surface area (Å²) in [7, 11) is 0. The van der Waals surface area contributed by atoms with Gasteiger partial charge in [-0.2, -0.15) is 0 Å². The summed E-state index contributed by atoms with van der Waals surface area (Å²) in [5.74, 6) is -0.709. The number of Topliss-reactive ketones (excluding diaryl/α,β-unsaturated/α-hetero) is 1. The molecule has 144 valence electrons. The number of benzene rings is 1. The Hall–Kier alpha value is -1.89. The van der Waals surface area contributed by atoms with Gasteiger partial charge in [0.05, 0.1) is 12.1 Å². The molecule has 0 saturated heterocycles. The fraction of sp³-hybridized carbons (Fsp3) is 0.526. The number of rotatable bonds is 5. The molecule has 0 aromatic heterocycles. The van der Waals surface area contributed by atoms with Crippen LogP contribution < -0.4 is 5.32 Å². The second-order valence-electron chi connectivity index (χ2n) is 7.83. The zero-order valence-corrected chi connectivity index (χ0v) is 17.7. The molecule has 0 fully saturated rings. The molecule has 0 radical (unpaired) electrons. The number of ether oxygens (including phenoxy) is 2. The van der Waals surface area contributed by atoms with E-state index in [9.17, 15) is 14.4 Å². The number of amides is 1. The molecule has 1 rings (SSSR count). The second-order valence-corrected chi connectivity index (χ2v) is 8.74. The summed E-state index contributed by atoms with van der Waals surface area (Å²) < 4.78 is 11.1. The summed E-state index contributed by atoms with van der Waals surface area (Å²) >= 11 is 3.31. The summed E-state index contributed by atoms with van der Waals surface area (Å²) in [5.41, 5.74) is -0.622. The highest BCUT2D eigenvalue weighted by atomic mass is 79.9. The lowest BCUT2D eigenvalue weighted by Crippen LogP contribution is -2.28. The number of halogens is 1. The van der Waals surface area contributed by atoms with E-state index in [1.807, 2.05) is 0 Å². The van der Waals surface area contributed by atoms with E-state index in [1.54, 1.807) is 59.7 Å². The van der Waals surface area contributed by atoms with Crippen LogP contribution in [0.4, 0.5) is 10.5 Å². The smallest absolute Gasteiger partial charge is 0.412 e. The zero-order valence-electron chi connectivity index (χ0n) is 16.1. The van der Waals surface area contributed by atoms with Crippen molar-refractivity contribution in [3.63, 3.8) is 0 Å². The lowest BCUT2D eigenvalue weighted by Gasteiger charge is -2.20. The summed E-state index contributed by atoms with van der Waals surface area (Å²) in [5, 5.41) is 2.59. The van der Waals surface area contributed by atoms with Crippen LogP contribution in [0.2, 0.25) is 0 Å². The molecule has 1 amide bonds. The first-order chi connectivity index (χ1) is 11.8. The van der Waals surface area contributed by atoms with E-state index in [0.717, 1.165) is 0 Å². The Labute approximate surface area is 162 Å². The first-order valence-corrected chi connectivity index (χ1v) is 9.11. The van der Waals surface area contributed by atoms with Crippen molar-refractivity contribution >= 4 is 39.5 Å². The van der Waals surface area contributed by atoms with Crippen molar-refractivity contribution in [2.45, 2.75) is 65.6 Å². The van der Waals surface area contributed by atoms with Crippen LogP contribution in [0.25, 0.3) is 0 Å². The van der Waals surface area contributed by atoms with E-state index in [4.69, 9.17) is 9.47 Å². The van der Waals surface area contributed by atoms with Gasteiger partial charge >= 0.3 is 12.1 Å². The van der Waals surface area contributed by atoms with Crippen molar-refractivity contribution in [3.8, 4) is 0 Å². The van der Waals surface area contributed by atoms with Crippen molar-refractivity contribution in [3.05, 3.63) is 28.2 Å². The van der Waals surface area contributed by atoms with Gasteiger partial charge in [-0.25, -0.2) is 4.79 Å². The van der Waals surface area contributed by atoms with Gasteiger partial charge in [0, 0.05) is 16.5 Å². The lowest BCUT2D eigenvalue weighted by atomic mass is 10.0. The fourth-order valence-electron chi connectivity index (χ4n) is 2.02. The molecule has 0 unspecified atom stereocenters. The summed E-state index contributed by atoms with van der Waals surface area (Å²) in [6.07, 6.45) is -0.700. The molecule has 26 heavy (non-hydrogen) atoms. The predicted octanol–water partition coefficient (Wildman–Crippen LogP) is 5.10. The molecule has 0 atom stereocenters. The van der Waals surface area contributed by atoms with Crippen LogP contribution in [0, 0.1) is 0 Å². The Morgan fingerprint density at radius 1 is 0.962 bits per heavy atom. The highest BCUT2D eigenvalue weighted by Gasteiger charge is 2.21. The van der Waals surface area contributed by atoms with Crippen LogP contribution >= 0.6 is 15.9 Å². The summed E-state index contributed by atoms with van der Waals surface area (Å²) in [4.78, 5) is 36.3. The fourth-order valence-corrected chi connectivity index (χ4v) is 2.38. The molecule has 0 bridgehead atoms. The van der Waals surface area contributed by atoms with Crippen molar-refractivity contribution in [2.75, 3.05) is 5.32 Å². The maximum atomic E-state index is 12.5. The average Bonchev–Trinajstić information content (AvgIpc) is 2.41. The minimum absolute atomic E-state index is 0.0143. The highest BCUT2D eigenvalue weighted by molar-refractivity contribution is 9.10. The molecule has 0 aliphatic rings. The maximum absolute atomic E-state index is 12.5. The first-order valence-electron chi connectivity index (χ1n) is 8.31. The third kappa shape index (κ3) is 8.47. The van der Waals surface area contributed by atoms with Gasteiger partial charge in [-0.1, -0.05) is 15.9 Å². The number of esters is 1. The molecule has 1 aromatic rings. The van der Waals surface area contributed by atoms with Crippen LogP contribution in [0.1, 0.15) is 64.7 Å². The van der Waals surface area contributed by atoms with Gasteiger partial charge in [-0.3, -0.25) is 14.9 Å². The van der Waals surface area contributed by atoms with Gasteiger partial charge in [-0.05, 0) is 59.7 Å². The third-order valence-corrected chi connectivity index (χ3v) is 3.39. The van der Waals surface area contributed by atoms with Crippen molar-refractivity contribution < 1.29 is 23.9 Å². The molecular formula is C19H26BrNO5. The SMILES string of the molecule is CC(C)(C)OC(=O)CCC(=O)c1ccc(Br)cc1NC(=O)OC(C)(C)C. The van der Waals surface area contributed by atoms with Gasteiger partial charge in [0.15, 0.2) is 5.78 Å². The number of hydrogen-bond donors (Lipinski definition) is 1. The van der Waals surface area contributed by atoms with E-state index in [1.165, 1.54) is 0 Å². The van der Waals surface area contributed by atoms with E-state index in [2.05, 4.69) is 21.2 Å². The van der Waals surface area contributed by atoms with Crippen molar-refractivity contribution in [1.29, 1.82) is 0 Å². The Morgan fingerprint density at radius 2 is 1.54 bits per heavy atom. The molecule has 6 nitrogen and oxygen atoms in total. The topological polar surface area (TPSA) is 81.7 Å². The largest absolute Gasteiger partial charge is 0.460 e. The van der Waals surface area contributed by atoms with Gasteiger partial charge in [0.25, 0.3) is 0 Å². The number of anilines is 1. The third-order valence-electron chi connectivity index (χ3n) is 2.89. The molecule has 1 aromatic carbocycles. The minimum atomic E-state index is -0.656. The molecule has 1 N–H and O–H groups in total. The average molecular weight is 428 g/mol. The van der Waals surface area contributed by atoms with E-state index in [-0.39, 0.29) is 18.6 Å². The van der Waals surface area contributed by atoms with Gasteiger partial charge in [0.1, 0.15) is 11.2 Å². The Morgan fingerprint density at radius 3 is 2.08 bits per heavy atom. The van der Waals surface area contributed by atoms with E-state index < -0.39 is 23.3 Å². The number of hydrogen-bond acceptors (Lipinski definition) is 5. The molecule has 0 aliphatic carbocycles. The van der Waals surface area contributed by atoms with Crippen LogP contribution in [-0.2, 0) is 14.3 Å². The molecule has 0 saturated carbocycles. The Kier molecular flexibility index (Phi) is 7.38. The maximum Gasteiger partial charge on any atom is 0.412 e. The predicted molar refractivity (Wildman–Crippen MR) is 103 cm³/mol. The number of ketones is 1. The van der Waals surface area contributed by atoms with Crippen LogP contribution in [0.3, 0.4) is 0 Å². The monoisotopic (exact) mass is 427 g/mol. The molecule has 7 heteroatoms. The number of carbonyl (C=O) groups excluding carboxylic acids is 3. The molecule has 0 spiro atoms. The molecular weight excluding hydrogens is 402 g/mol. The number of carbonyl (C=O) groups is 3. The molecule has 0 heterocycles. The normalized spacial score (nSPS) is 11.7. The highest BCUT2D eigenvalue weighted by Crippen LogP contribution is 2.24. The standard InChI is InChI=1S/C19H26BrNO5/c1-18(2,3)25-16(23)10-9-15(22)13-8-7-12(20)11-14(13)21-17(24)26-19(4,5)6/h7-8,11H,9-10H2,1-6H3,(H,21,24). The van der Waals surface area contributed by atoms with Crippen LogP contribution in [-0.4, -0.2) is 29.0 Å². The Bertz CT molecular complexity index is 686. The van der Waals surface area contributed by atoms with E-state index in [0.29, 0.717) is 15.7 Å². The van der Waals surface area contributed by atoms with Gasteiger partial charge in [-0.15, -0.1) is 0 Å². The first kappa shape index (κ1) is 22.2. The Balaban J connectivity index is 2.84. The second kappa shape index (κ2) is 8.66. The quantitative estimate of drug-likeness (QED) is 0.521. The van der Waals surface area contributed by atoms with Crippen molar-refractivity contribution in [1.82, 2.24) is 0 Å². The minimum Gasteiger partial charge on any atom is -0.460 e. The number of nitrogens with one attached hydrogen (secondary N) is 1. The van der Waals surface area contributed by atoms with Crippen LogP contribution in [0.5, 0.6) is 0 Å². The van der Waals surface area contributed by atoms with Crippen LogP contribution in [0.15, 0.2) is 22.7 Å². The van der Waals surface area contributed by atoms with Gasteiger partial charge < -0.3 is 9.47 Å². The van der Waals surface area contributed by atoms with Gasteiger partial charge in [0.2, 0.25) is 0 Å². The summed E-state index contributed by atoms with van der Waals surface area (Å²) in [6, 6.07) is 4.90. The lowest BCUT2D eigenvalue weighted by molar-refractivity contribution is -0.154. The van der Waals surface area contributed by atoms with E-state index >= 15 is 0 Å². The van der Waals surface area contributed by atoms with Crippen molar-refractivity contribution in [2.24, 2.45) is 0 Å². The molecule has 0 aliphatic heterocycles. The summed E-state index contributed by atoms with van der Waals surface area (Å²) in [6.45, 7) is 10.6. The zero-order chi connectivity index (χ0) is 20.1.